The lowest BCUT2D eigenvalue weighted by molar-refractivity contribution is -0.139. The molecule has 3 rings (SSSR count). The summed E-state index contributed by atoms with van der Waals surface area (Å²) in [6, 6.07) is 4.91. The van der Waals surface area contributed by atoms with Crippen molar-refractivity contribution in [1.29, 1.82) is 0 Å². The molecule has 0 radical (unpaired) electrons. The number of alkyl halides is 3. The number of hydrogen-bond donors (Lipinski definition) is 1. The standard InChI is InChI=1S/C24H28F3NO5/c1-3-4-5-6-7-10-13-31-23(30)33-21-15(2)28-18-14-32-22(29)20(18)19(21)16-11-8-9-12-17(16)24(25,26)27/h8-9,11-12,19,28H,3-7,10,13-14H2,1-2H3. The third-order valence-corrected chi connectivity index (χ3v) is 5.64. The van der Waals surface area contributed by atoms with E-state index in [-0.39, 0.29) is 30.1 Å². The largest absolute Gasteiger partial charge is 0.513 e. The predicted molar refractivity (Wildman–Crippen MR) is 114 cm³/mol. The first-order valence-corrected chi connectivity index (χ1v) is 11.1. The maximum atomic E-state index is 13.8. The number of cyclic esters (lactones) is 1. The Morgan fingerprint density at radius 1 is 1.15 bits per heavy atom. The molecule has 1 N–H and O–H groups in total. The fraction of sp³-hybridized carbons (Fsp3) is 0.500. The van der Waals surface area contributed by atoms with Gasteiger partial charge in [-0.3, -0.25) is 0 Å². The Morgan fingerprint density at radius 2 is 1.85 bits per heavy atom. The van der Waals surface area contributed by atoms with Crippen molar-refractivity contribution in [3.63, 3.8) is 0 Å². The number of unbranched alkanes of at least 4 members (excludes halogenated alkanes) is 5. The summed E-state index contributed by atoms with van der Waals surface area (Å²) in [7, 11) is 0. The highest BCUT2D eigenvalue weighted by atomic mass is 19.4. The summed E-state index contributed by atoms with van der Waals surface area (Å²) in [5.74, 6) is -2.12. The Bertz CT molecular complexity index is 952. The average Bonchev–Trinajstić information content (AvgIpc) is 3.13. The van der Waals surface area contributed by atoms with Gasteiger partial charge in [-0.05, 0) is 25.0 Å². The van der Waals surface area contributed by atoms with Gasteiger partial charge in [0.25, 0.3) is 0 Å². The maximum absolute atomic E-state index is 13.8. The lowest BCUT2D eigenvalue weighted by atomic mass is 9.83. The number of halogens is 3. The zero-order valence-electron chi connectivity index (χ0n) is 18.7. The van der Waals surface area contributed by atoms with Crippen molar-refractivity contribution >= 4 is 12.1 Å². The molecule has 0 saturated carbocycles. The van der Waals surface area contributed by atoms with Crippen LogP contribution in [0.25, 0.3) is 0 Å². The average molecular weight is 467 g/mol. The molecule has 0 amide bonds. The maximum Gasteiger partial charge on any atom is 0.513 e. The van der Waals surface area contributed by atoms with E-state index >= 15 is 0 Å². The monoisotopic (exact) mass is 467 g/mol. The van der Waals surface area contributed by atoms with E-state index in [1.165, 1.54) is 18.2 Å². The molecular formula is C24H28F3NO5. The Kier molecular flexibility index (Phi) is 8.05. The smallest absolute Gasteiger partial charge is 0.456 e. The second-order valence-electron chi connectivity index (χ2n) is 8.07. The van der Waals surface area contributed by atoms with E-state index in [9.17, 15) is 22.8 Å². The Balaban J connectivity index is 1.80. The Labute approximate surface area is 190 Å². The van der Waals surface area contributed by atoms with Gasteiger partial charge in [-0.2, -0.15) is 13.2 Å². The molecule has 33 heavy (non-hydrogen) atoms. The number of hydrogen-bond acceptors (Lipinski definition) is 6. The summed E-state index contributed by atoms with van der Waals surface area (Å²) < 4.78 is 56.8. The molecule has 0 bridgehead atoms. The van der Waals surface area contributed by atoms with Crippen LogP contribution in [0.3, 0.4) is 0 Å². The highest BCUT2D eigenvalue weighted by Crippen LogP contribution is 2.45. The molecule has 180 valence electrons. The number of rotatable bonds is 9. The number of ether oxygens (including phenoxy) is 3. The van der Waals surface area contributed by atoms with Crippen LogP contribution in [-0.4, -0.2) is 25.3 Å². The van der Waals surface area contributed by atoms with Crippen LogP contribution in [0.4, 0.5) is 18.0 Å². The van der Waals surface area contributed by atoms with Gasteiger partial charge >= 0.3 is 18.3 Å². The molecule has 2 aliphatic rings. The van der Waals surface area contributed by atoms with E-state index in [1.807, 2.05) is 0 Å². The molecular weight excluding hydrogens is 439 g/mol. The van der Waals surface area contributed by atoms with Crippen LogP contribution in [0.1, 0.15) is 69.4 Å². The van der Waals surface area contributed by atoms with E-state index < -0.39 is 29.8 Å². The topological polar surface area (TPSA) is 73.9 Å². The zero-order valence-corrected chi connectivity index (χ0v) is 18.7. The second-order valence-corrected chi connectivity index (χ2v) is 8.07. The highest BCUT2D eigenvalue weighted by molar-refractivity contribution is 5.95. The summed E-state index contributed by atoms with van der Waals surface area (Å²) in [6.45, 7) is 3.74. The lowest BCUT2D eigenvalue weighted by Crippen LogP contribution is -2.29. The first-order chi connectivity index (χ1) is 15.7. The summed E-state index contributed by atoms with van der Waals surface area (Å²) in [5, 5.41) is 2.92. The molecule has 6 nitrogen and oxygen atoms in total. The number of allylic oxidation sites excluding steroid dienone is 2. The van der Waals surface area contributed by atoms with E-state index in [2.05, 4.69) is 12.2 Å². The van der Waals surface area contributed by atoms with Crippen LogP contribution in [0.2, 0.25) is 0 Å². The minimum absolute atomic E-state index is 0.00368. The Morgan fingerprint density at radius 3 is 2.58 bits per heavy atom. The molecule has 0 aliphatic carbocycles. The summed E-state index contributed by atoms with van der Waals surface area (Å²) in [4.78, 5) is 24.8. The van der Waals surface area contributed by atoms with Gasteiger partial charge in [0.15, 0.2) is 0 Å². The van der Waals surface area contributed by atoms with Crippen LogP contribution in [0, 0.1) is 0 Å². The molecule has 1 aromatic carbocycles. The van der Waals surface area contributed by atoms with Crippen molar-refractivity contribution in [3.05, 3.63) is 58.1 Å². The van der Waals surface area contributed by atoms with E-state index in [0.29, 0.717) is 17.8 Å². The first-order valence-electron chi connectivity index (χ1n) is 11.1. The third kappa shape index (κ3) is 5.89. The van der Waals surface area contributed by atoms with E-state index in [4.69, 9.17) is 14.2 Å². The fourth-order valence-electron chi connectivity index (χ4n) is 4.04. The number of carbonyl (C=O) groups excluding carboxylic acids is 2. The number of carbonyl (C=O) groups is 2. The van der Waals surface area contributed by atoms with Gasteiger partial charge in [-0.1, -0.05) is 57.2 Å². The molecule has 0 fully saturated rings. The summed E-state index contributed by atoms with van der Waals surface area (Å²) >= 11 is 0. The quantitative estimate of drug-likeness (QED) is 0.357. The Hall–Kier alpha value is -2.97. The molecule has 0 saturated heterocycles. The summed E-state index contributed by atoms with van der Waals surface area (Å²) in [5.41, 5.74) is -0.456. The van der Waals surface area contributed by atoms with Crippen LogP contribution < -0.4 is 5.32 Å². The van der Waals surface area contributed by atoms with Crippen molar-refractivity contribution in [3.8, 4) is 0 Å². The SMILES string of the molecule is CCCCCCCCOC(=O)OC1=C(C)NC2=C(C(=O)OC2)C1c1ccccc1C(F)(F)F. The van der Waals surface area contributed by atoms with Gasteiger partial charge in [0.1, 0.15) is 12.4 Å². The van der Waals surface area contributed by atoms with Gasteiger partial charge in [-0.25, -0.2) is 9.59 Å². The molecule has 9 heteroatoms. The molecule has 0 aromatic heterocycles. The number of benzene rings is 1. The van der Waals surface area contributed by atoms with Gasteiger partial charge in [-0.15, -0.1) is 0 Å². The molecule has 1 unspecified atom stereocenters. The van der Waals surface area contributed by atoms with E-state index in [1.54, 1.807) is 6.92 Å². The van der Waals surface area contributed by atoms with E-state index in [0.717, 1.165) is 38.2 Å². The molecule has 0 spiro atoms. The molecule has 1 atom stereocenters. The highest BCUT2D eigenvalue weighted by Gasteiger charge is 2.45. The third-order valence-electron chi connectivity index (χ3n) is 5.64. The summed E-state index contributed by atoms with van der Waals surface area (Å²) in [6.07, 6.45) is 0.325. The number of esters is 1. The fourth-order valence-corrected chi connectivity index (χ4v) is 4.04. The minimum atomic E-state index is -4.66. The zero-order chi connectivity index (χ0) is 24.0. The first kappa shape index (κ1) is 24.7. The van der Waals surface area contributed by atoms with Crippen LogP contribution in [0.15, 0.2) is 47.0 Å². The van der Waals surface area contributed by atoms with Gasteiger partial charge < -0.3 is 19.5 Å². The van der Waals surface area contributed by atoms with Crippen molar-refractivity contribution in [2.24, 2.45) is 0 Å². The number of nitrogens with one attached hydrogen (secondary N) is 1. The van der Waals surface area contributed by atoms with Gasteiger partial charge in [0.05, 0.1) is 35.1 Å². The van der Waals surface area contributed by atoms with Gasteiger partial charge in [0.2, 0.25) is 0 Å². The lowest BCUT2D eigenvalue weighted by Gasteiger charge is -2.29. The predicted octanol–water partition coefficient (Wildman–Crippen LogP) is 5.95. The van der Waals surface area contributed by atoms with Crippen LogP contribution in [-0.2, 0) is 25.2 Å². The van der Waals surface area contributed by atoms with Crippen molar-refractivity contribution in [2.75, 3.05) is 13.2 Å². The van der Waals surface area contributed by atoms with Crippen LogP contribution in [0.5, 0.6) is 0 Å². The van der Waals surface area contributed by atoms with Crippen molar-refractivity contribution in [2.45, 2.75) is 64.5 Å². The molecule has 2 aliphatic heterocycles. The number of dihydropyridines is 1. The normalized spacial score (nSPS) is 18.1. The van der Waals surface area contributed by atoms with Crippen LogP contribution >= 0.6 is 0 Å². The second kappa shape index (κ2) is 10.8. The molecule has 2 heterocycles. The van der Waals surface area contributed by atoms with Crippen molar-refractivity contribution < 1.29 is 37.0 Å². The minimum Gasteiger partial charge on any atom is -0.456 e. The van der Waals surface area contributed by atoms with Crippen molar-refractivity contribution in [1.82, 2.24) is 5.32 Å². The molecule has 1 aromatic rings. The van der Waals surface area contributed by atoms with Gasteiger partial charge in [0, 0.05) is 0 Å².